The minimum atomic E-state index is -3.54. The number of amides is 1. The maximum atomic E-state index is 13.0. The lowest BCUT2D eigenvalue weighted by Crippen LogP contribution is -2.28. The predicted octanol–water partition coefficient (Wildman–Crippen LogP) is 3.70. The Balaban J connectivity index is 1.71. The zero-order valence-electron chi connectivity index (χ0n) is 20.3. The van der Waals surface area contributed by atoms with Crippen LogP contribution in [0.25, 0.3) is 0 Å². The van der Waals surface area contributed by atoms with E-state index in [4.69, 9.17) is 14.2 Å². The van der Waals surface area contributed by atoms with Gasteiger partial charge >= 0.3 is 0 Å². The molecule has 0 saturated carbocycles. The topological polar surface area (TPSA) is 94.2 Å². The van der Waals surface area contributed by atoms with Crippen LogP contribution in [0.1, 0.15) is 49.8 Å². The highest BCUT2D eigenvalue weighted by atomic mass is 32.2. The first-order chi connectivity index (χ1) is 16.3. The predicted molar refractivity (Wildman–Crippen MR) is 130 cm³/mol. The summed E-state index contributed by atoms with van der Waals surface area (Å²) in [5, 5.41) is 3.07. The van der Waals surface area contributed by atoms with Gasteiger partial charge in [-0.2, -0.15) is 4.31 Å². The number of nitrogens with one attached hydrogen (secondary N) is 1. The Bertz CT molecular complexity index is 1100. The molecule has 9 heteroatoms. The van der Waals surface area contributed by atoms with Gasteiger partial charge in [-0.15, -0.1) is 0 Å². The fourth-order valence-corrected chi connectivity index (χ4v) is 5.76. The van der Waals surface area contributed by atoms with Crippen LogP contribution < -0.4 is 19.5 Å². The molecule has 1 N–H and O–H groups in total. The number of ether oxygens (including phenoxy) is 3. The maximum Gasteiger partial charge on any atom is 0.243 e. The highest BCUT2D eigenvalue weighted by Crippen LogP contribution is 2.31. The van der Waals surface area contributed by atoms with Gasteiger partial charge in [0.25, 0.3) is 0 Å². The molecule has 1 aliphatic rings. The quantitative estimate of drug-likeness (QED) is 0.516. The normalized spacial score (nSPS) is 15.1. The van der Waals surface area contributed by atoms with E-state index in [1.165, 1.54) is 11.4 Å². The number of sulfonamides is 1. The standard InChI is InChI=1S/C25H34N2O6S/c1-5-21(18-8-11-23(32-3)24(17-18)33-4)26-25(28)13-9-19-16-20(10-12-22(19)31-2)34(29,30)27-14-6-7-15-27/h8,10-12,16-17,21H,5-7,9,13-15H2,1-4H3,(H,26,28)/t21-/m1/s1. The second-order valence-corrected chi connectivity index (χ2v) is 10.2. The fraction of sp³-hybridized carbons (Fsp3) is 0.480. The average Bonchev–Trinajstić information content (AvgIpc) is 3.41. The van der Waals surface area contributed by atoms with Crippen LogP contribution in [0.5, 0.6) is 17.2 Å². The van der Waals surface area contributed by atoms with Crippen molar-refractivity contribution in [3.8, 4) is 17.2 Å². The van der Waals surface area contributed by atoms with Crippen molar-refractivity contribution in [3.05, 3.63) is 47.5 Å². The summed E-state index contributed by atoms with van der Waals surface area (Å²) in [6.07, 6.45) is 3.02. The molecule has 3 rings (SSSR count). The summed E-state index contributed by atoms with van der Waals surface area (Å²) >= 11 is 0. The number of nitrogens with zero attached hydrogens (tertiary/aromatic N) is 1. The number of methoxy groups -OCH3 is 3. The van der Waals surface area contributed by atoms with Crippen molar-refractivity contribution in [1.29, 1.82) is 0 Å². The molecule has 1 saturated heterocycles. The van der Waals surface area contributed by atoms with Crippen molar-refractivity contribution in [2.75, 3.05) is 34.4 Å². The average molecular weight is 491 g/mol. The van der Waals surface area contributed by atoms with Gasteiger partial charge in [-0.3, -0.25) is 4.79 Å². The maximum absolute atomic E-state index is 13.0. The molecule has 1 amide bonds. The molecule has 1 heterocycles. The van der Waals surface area contributed by atoms with Crippen LogP contribution in [0, 0.1) is 0 Å². The lowest BCUT2D eigenvalue weighted by Gasteiger charge is -2.20. The molecular formula is C25H34N2O6S. The van der Waals surface area contributed by atoms with E-state index in [9.17, 15) is 13.2 Å². The molecule has 0 spiro atoms. The smallest absolute Gasteiger partial charge is 0.243 e. The number of carbonyl (C=O) groups excluding carboxylic acids is 1. The van der Waals surface area contributed by atoms with E-state index in [0.29, 0.717) is 48.7 Å². The Hall–Kier alpha value is -2.78. The van der Waals surface area contributed by atoms with Crippen LogP contribution in [0.15, 0.2) is 41.3 Å². The molecule has 2 aromatic carbocycles. The number of benzene rings is 2. The summed E-state index contributed by atoms with van der Waals surface area (Å²) < 4.78 is 43.5. The lowest BCUT2D eigenvalue weighted by molar-refractivity contribution is -0.121. The molecule has 1 aliphatic heterocycles. The monoisotopic (exact) mass is 490 g/mol. The van der Waals surface area contributed by atoms with Crippen LogP contribution in [0.2, 0.25) is 0 Å². The number of aryl methyl sites for hydroxylation is 1. The molecule has 0 radical (unpaired) electrons. The second-order valence-electron chi connectivity index (χ2n) is 8.23. The lowest BCUT2D eigenvalue weighted by atomic mass is 10.0. The van der Waals surface area contributed by atoms with E-state index in [1.807, 2.05) is 25.1 Å². The van der Waals surface area contributed by atoms with Crippen molar-refractivity contribution >= 4 is 15.9 Å². The van der Waals surface area contributed by atoms with E-state index < -0.39 is 10.0 Å². The van der Waals surface area contributed by atoms with Crippen molar-refractivity contribution in [3.63, 3.8) is 0 Å². The third-order valence-corrected chi connectivity index (χ3v) is 8.02. The van der Waals surface area contributed by atoms with Gasteiger partial charge in [-0.05, 0) is 67.1 Å². The summed E-state index contributed by atoms with van der Waals surface area (Å²) in [6.45, 7) is 3.08. The SMILES string of the molecule is CC[C@@H](NC(=O)CCc1cc(S(=O)(=O)N2CCCC2)ccc1OC)c1ccc(OC)c(OC)c1. The molecule has 0 aromatic heterocycles. The number of hydrogen-bond donors (Lipinski definition) is 1. The molecule has 0 unspecified atom stereocenters. The number of rotatable bonds is 11. The Kier molecular flexibility index (Phi) is 8.79. The summed E-state index contributed by atoms with van der Waals surface area (Å²) in [5.74, 6) is 1.67. The van der Waals surface area contributed by atoms with E-state index in [1.54, 1.807) is 32.4 Å². The molecule has 34 heavy (non-hydrogen) atoms. The van der Waals surface area contributed by atoms with Crippen molar-refractivity contribution < 1.29 is 27.4 Å². The Labute approximate surface area is 202 Å². The molecule has 2 aromatic rings. The van der Waals surface area contributed by atoms with Crippen molar-refractivity contribution in [1.82, 2.24) is 9.62 Å². The largest absolute Gasteiger partial charge is 0.496 e. The third kappa shape index (κ3) is 5.82. The highest BCUT2D eigenvalue weighted by molar-refractivity contribution is 7.89. The summed E-state index contributed by atoms with van der Waals surface area (Å²) in [7, 11) is 1.15. The molecule has 8 nitrogen and oxygen atoms in total. The summed E-state index contributed by atoms with van der Waals surface area (Å²) in [6, 6.07) is 10.3. The van der Waals surface area contributed by atoms with Crippen molar-refractivity contribution in [2.45, 2.75) is 50.0 Å². The first kappa shape index (κ1) is 25.8. The second kappa shape index (κ2) is 11.6. The summed E-state index contributed by atoms with van der Waals surface area (Å²) in [5.41, 5.74) is 1.61. The highest BCUT2D eigenvalue weighted by Gasteiger charge is 2.28. The zero-order valence-corrected chi connectivity index (χ0v) is 21.1. The minimum Gasteiger partial charge on any atom is -0.496 e. The van der Waals surface area contributed by atoms with Crippen LogP contribution >= 0.6 is 0 Å². The van der Waals surface area contributed by atoms with Crippen molar-refractivity contribution in [2.24, 2.45) is 0 Å². The van der Waals surface area contributed by atoms with Gasteiger partial charge in [0, 0.05) is 19.5 Å². The Morgan fingerprint density at radius 2 is 1.62 bits per heavy atom. The molecule has 1 atom stereocenters. The molecule has 1 fully saturated rings. The van der Waals surface area contributed by atoms with Crippen LogP contribution in [0.4, 0.5) is 0 Å². The number of carbonyl (C=O) groups is 1. The minimum absolute atomic E-state index is 0.128. The van der Waals surface area contributed by atoms with Crippen LogP contribution in [-0.2, 0) is 21.2 Å². The number of hydrogen-bond acceptors (Lipinski definition) is 6. The van der Waals surface area contributed by atoms with E-state index in [-0.39, 0.29) is 23.3 Å². The van der Waals surface area contributed by atoms with E-state index >= 15 is 0 Å². The van der Waals surface area contributed by atoms with Gasteiger partial charge in [0.1, 0.15) is 5.75 Å². The third-order valence-electron chi connectivity index (χ3n) is 6.13. The van der Waals surface area contributed by atoms with Crippen LogP contribution in [0.3, 0.4) is 0 Å². The molecule has 0 aliphatic carbocycles. The fourth-order valence-electron chi connectivity index (χ4n) is 4.19. The molecule has 0 bridgehead atoms. The first-order valence-corrected chi connectivity index (χ1v) is 13.0. The zero-order chi connectivity index (χ0) is 24.7. The van der Waals surface area contributed by atoms with Gasteiger partial charge in [0.05, 0.1) is 32.3 Å². The van der Waals surface area contributed by atoms with Gasteiger partial charge in [0.15, 0.2) is 11.5 Å². The van der Waals surface area contributed by atoms with Gasteiger partial charge in [-0.25, -0.2) is 8.42 Å². The Morgan fingerprint density at radius 1 is 0.971 bits per heavy atom. The van der Waals surface area contributed by atoms with Gasteiger partial charge in [0.2, 0.25) is 15.9 Å². The van der Waals surface area contributed by atoms with Crippen LogP contribution in [-0.4, -0.2) is 53.0 Å². The summed E-state index contributed by atoms with van der Waals surface area (Å²) in [4.78, 5) is 13.0. The van der Waals surface area contributed by atoms with E-state index in [0.717, 1.165) is 18.4 Å². The van der Waals surface area contributed by atoms with E-state index in [2.05, 4.69) is 5.32 Å². The molecular weight excluding hydrogens is 456 g/mol. The Morgan fingerprint density at radius 3 is 2.24 bits per heavy atom. The first-order valence-electron chi connectivity index (χ1n) is 11.5. The molecule has 186 valence electrons. The van der Waals surface area contributed by atoms with Gasteiger partial charge < -0.3 is 19.5 Å². The van der Waals surface area contributed by atoms with Gasteiger partial charge in [-0.1, -0.05) is 13.0 Å².